The van der Waals surface area contributed by atoms with Crippen LogP contribution < -0.4 is 4.90 Å². The fourth-order valence-corrected chi connectivity index (χ4v) is 4.66. The van der Waals surface area contributed by atoms with Gasteiger partial charge in [-0.05, 0) is 48.1 Å². The predicted octanol–water partition coefficient (Wildman–Crippen LogP) is 3.56. The summed E-state index contributed by atoms with van der Waals surface area (Å²) in [5.74, 6) is -0.727. The summed E-state index contributed by atoms with van der Waals surface area (Å²) < 4.78 is 0. The van der Waals surface area contributed by atoms with Crippen molar-refractivity contribution in [2.75, 3.05) is 24.5 Å². The molecule has 0 unspecified atom stereocenters. The van der Waals surface area contributed by atoms with Crippen molar-refractivity contribution in [3.05, 3.63) is 64.2 Å². The second-order valence-corrected chi connectivity index (χ2v) is 8.30. The average Bonchev–Trinajstić information content (AvgIpc) is 3.02. The molecular weight excluding hydrogens is 388 g/mol. The van der Waals surface area contributed by atoms with Crippen LogP contribution in [0.15, 0.2) is 42.5 Å². The zero-order valence-electron chi connectivity index (χ0n) is 16.3. The first-order chi connectivity index (χ1) is 14.0. The number of amides is 1. The number of carboxylic acids is 1. The van der Waals surface area contributed by atoms with E-state index in [2.05, 4.69) is 11.0 Å². The van der Waals surface area contributed by atoms with Gasteiger partial charge < -0.3 is 14.9 Å². The van der Waals surface area contributed by atoms with Crippen molar-refractivity contribution in [1.29, 1.82) is 0 Å². The van der Waals surface area contributed by atoms with Gasteiger partial charge in [0.25, 0.3) is 0 Å². The quantitative estimate of drug-likeness (QED) is 0.788. The Kier molecular flexibility index (Phi) is 5.88. The first kappa shape index (κ1) is 19.9. The Morgan fingerprint density at radius 1 is 1.14 bits per heavy atom. The highest BCUT2D eigenvalue weighted by molar-refractivity contribution is 6.31. The summed E-state index contributed by atoms with van der Waals surface area (Å²) in [6.07, 6.45) is 3.17. The van der Waals surface area contributed by atoms with Gasteiger partial charge in [-0.25, -0.2) is 0 Å². The van der Waals surface area contributed by atoms with Crippen LogP contribution in [0.1, 0.15) is 29.5 Å². The number of likely N-dealkylation sites (tertiary alicyclic amines) is 1. The molecule has 2 aromatic rings. The van der Waals surface area contributed by atoms with Crippen molar-refractivity contribution in [2.24, 2.45) is 0 Å². The largest absolute Gasteiger partial charge is 0.481 e. The average molecular weight is 413 g/mol. The maximum absolute atomic E-state index is 12.7. The number of anilines is 1. The van der Waals surface area contributed by atoms with Gasteiger partial charge in [0.2, 0.25) is 5.91 Å². The number of carbonyl (C=O) groups excluding carboxylic acids is 1. The van der Waals surface area contributed by atoms with Gasteiger partial charge in [0, 0.05) is 36.4 Å². The Hall–Kier alpha value is -2.37. The van der Waals surface area contributed by atoms with Crippen LogP contribution in [-0.2, 0) is 28.9 Å². The third-order valence-corrected chi connectivity index (χ3v) is 6.32. The third kappa shape index (κ3) is 4.46. The molecule has 2 aliphatic rings. The van der Waals surface area contributed by atoms with Crippen molar-refractivity contribution < 1.29 is 14.7 Å². The third-order valence-electron chi connectivity index (χ3n) is 5.95. The van der Waals surface area contributed by atoms with E-state index in [1.807, 2.05) is 41.3 Å². The van der Waals surface area contributed by atoms with Gasteiger partial charge in [-0.15, -0.1) is 0 Å². The molecule has 0 spiro atoms. The molecule has 0 radical (unpaired) electrons. The monoisotopic (exact) mass is 412 g/mol. The molecule has 0 saturated carbocycles. The number of aliphatic carboxylic acids is 1. The van der Waals surface area contributed by atoms with Crippen LogP contribution in [0.5, 0.6) is 0 Å². The van der Waals surface area contributed by atoms with Gasteiger partial charge in [-0.2, -0.15) is 0 Å². The number of carboxylic acid groups (broad SMARTS) is 1. The van der Waals surface area contributed by atoms with Crippen molar-refractivity contribution >= 4 is 29.2 Å². The Morgan fingerprint density at radius 3 is 2.62 bits per heavy atom. The van der Waals surface area contributed by atoms with E-state index >= 15 is 0 Å². The van der Waals surface area contributed by atoms with E-state index in [1.54, 1.807) is 0 Å². The Bertz CT molecular complexity index is 922. The minimum atomic E-state index is -0.854. The maximum Gasteiger partial charge on any atom is 0.307 e. The molecule has 29 heavy (non-hydrogen) atoms. The number of benzene rings is 2. The van der Waals surface area contributed by atoms with E-state index in [1.165, 1.54) is 5.56 Å². The number of nitrogens with zero attached hydrogens (tertiary/aromatic N) is 2. The van der Waals surface area contributed by atoms with Crippen molar-refractivity contribution in [3.63, 3.8) is 0 Å². The molecule has 2 aliphatic heterocycles. The first-order valence-electron chi connectivity index (χ1n) is 10.1. The molecule has 0 aliphatic carbocycles. The highest BCUT2D eigenvalue weighted by Gasteiger charge is 2.35. The van der Waals surface area contributed by atoms with Crippen LogP contribution in [0.2, 0.25) is 5.02 Å². The number of fused-ring (bicyclic) bond motifs is 1. The SMILES string of the molecule is O=C(O)Cc1ccc2c(c1)N(C1CCN(CCc3ccccc3Cl)CC1)C(=O)C2. The van der Waals surface area contributed by atoms with Crippen LogP contribution in [0, 0.1) is 0 Å². The van der Waals surface area contributed by atoms with Crippen LogP contribution in [0.3, 0.4) is 0 Å². The van der Waals surface area contributed by atoms with Gasteiger partial charge >= 0.3 is 5.97 Å². The first-order valence-corrected chi connectivity index (χ1v) is 10.5. The lowest BCUT2D eigenvalue weighted by atomic mass is 10.0. The minimum Gasteiger partial charge on any atom is -0.481 e. The number of hydrogen-bond donors (Lipinski definition) is 1. The Balaban J connectivity index is 1.38. The summed E-state index contributed by atoms with van der Waals surface area (Å²) in [7, 11) is 0. The second kappa shape index (κ2) is 8.56. The van der Waals surface area contributed by atoms with Crippen molar-refractivity contribution in [1.82, 2.24) is 4.90 Å². The topological polar surface area (TPSA) is 60.9 Å². The second-order valence-electron chi connectivity index (χ2n) is 7.89. The molecular formula is C23H25ClN2O3. The molecule has 2 heterocycles. The van der Waals surface area contributed by atoms with E-state index in [0.717, 1.165) is 60.7 Å². The molecule has 1 amide bonds. The van der Waals surface area contributed by atoms with E-state index in [4.69, 9.17) is 16.7 Å². The number of hydrogen-bond acceptors (Lipinski definition) is 3. The minimum absolute atomic E-state index is 0.0181. The molecule has 1 N–H and O–H groups in total. The zero-order valence-corrected chi connectivity index (χ0v) is 17.1. The number of rotatable bonds is 6. The summed E-state index contributed by atoms with van der Waals surface area (Å²) in [6, 6.07) is 13.8. The van der Waals surface area contributed by atoms with E-state index in [-0.39, 0.29) is 18.4 Å². The summed E-state index contributed by atoms with van der Waals surface area (Å²) in [6.45, 7) is 2.86. The standard InChI is InChI=1S/C23H25ClN2O3/c24-20-4-2-1-3-17(20)7-10-25-11-8-19(9-12-25)26-21-13-16(14-23(28)29)5-6-18(21)15-22(26)27/h1-6,13,19H,7-12,14-15H2,(H,28,29). The van der Waals surface area contributed by atoms with Crippen LogP contribution in [0.25, 0.3) is 0 Å². The van der Waals surface area contributed by atoms with Gasteiger partial charge in [-0.3, -0.25) is 9.59 Å². The van der Waals surface area contributed by atoms with Crippen molar-refractivity contribution in [2.45, 2.75) is 38.1 Å². The normalized spacial score (nSPS) is 17.6. The lowest BCUT2D eigenvalue weighted by molar-refractivity contribution is -0.136. The summed E-state index contributed by atoms with van der Waals surface area (Å²) in [5, 5.41) is 9.89. The highest BCUT2D eigenvalue weighted by atomic mass is 35.5. The number of piperidine rings is 1. The Labute approximate surface area is 175 Å². The summed E-state index contributed by atoms with van der Waals surface area (Å²) in [5.41, 5.74) is 3.83. The molecule has 0 atom stereocenters. The van der Waals surface area contributed by atoms with Crippen molar-refractivity contribution in [3.8, 4) is 0 Å². The molecule has 0 bridgehead atoms. The van der Waals surface area contributed by atoms with Gasteiger partial charge in [0.05, 0.1) is 12.8 Å². The molecule has 4 rings (SSSR count). The van der Waals surface area contributed by atoms with Gasteiger partial charge in [0.1, 0.15) is 0 Å². The zero-order chi connectivity index (χ0) is 20.4. The molecule has 152 valence electrons. The van der Waals surface area contributed by atoms with E-state index in [0.29, 0.717) is 6.42 Å². The molecule has 0 aromatic heterocycles. The van der Waals surface area contributed by atoms with Gasteiger partial charge in [0.15, 0.2) is 0 Å². The molecule has 1 fully saturated rings. The highest BCUT2D eigenvalue weighted by Crippen LogP contribution is 2.34. The van der Waals surface area contributed by atoms with E-state index in [9.17, 15) is 9.59 Å². The molecule has 6 heteroatoms. The Morgan fingerprint density at radius 2 is 1.90 bits per heavy atom. The molecule has 1 saturated heterocycles. The lowest BCUT2D eigenvalue weighted by Gasteiger charge is -2.37. The molecule has 5 nitrogen and oxygen atoms in total. The number of carbonyl (C=O) groups is 2. The fourth-order valence-electron chi connectivity index (χ4n) is 4.43. The van der Waals surface area contributed by atoms with E-state index < -0.39 is 5.97 Å². The molecule has 2 aromatic carbocycles. The number of halogens is 1. The van der Waals surface area contributed by atoms with Crippen LogP contribution >= 0.6 is 11.6 Å². The summed E-state index contributed by atoms with van der Waals surface area (Å²) in [4.78, 5) is 28.1. The lowest BCUT2D eigenvalue weighted by Crippen LogP contribution is -2.46. The van der Waals surface area contributed by atoms with Crippen LogP contribution in [0.4, 0.5) is 5.69 Å². The fraction of sp³-hybridized carbons (Fsp3) is 0.391. The van der Waals surface area contributed by atoms with Crippen LogP contribution in [-0.4, -0.2) is 47.6 Å². The summed E-state index contributed by atoms with van der Waals surface area (Å²) >= 11 is 6.26. The maximum atomic E-state index is 12.7. The predicted molar refractivity (Wildman–Crippen MR) is 114 cm³/mol. The van der Waals surface area contributed by atoms with Gasteiger partial charge in [-0.1, -0.05) is 41.9 Å². The smallest absolute Gasteiger partial charge is 0.307 e.